The Balaban J connectivity index is 1.17. The van der Waals surface area contributed by atoms with Gasteiger partial charge in [0.2, 0.25) is 0 Å². The van der Waals surface area contributed by atoms with Crippen molar-refractivity contribution in [3.8, 4) is 0 Å². The molecular weight excluding hydrogens is 495 g/mol. The topological polar surface area (TPSA) is 34.6 Å². The maximum atomic E-state index is 13.1. The lowest BCUT2D eigenvalue weighted by atomic mass is 9.78. The molecule has 1 spiro atoms. The Labute approximate surface area is 213 Å². The molecule has 0 radical (unpaired) electrons. The third-order valence-electron chi connectivity index (χ3n) is 7.17. The maximum Gasteiger partial charge on any atom is 0.416 e. The summed E-state index contributed by atoms with van der Waals surface area (Å²) in [7, 11) is 0. The Bertz CT molecular complexity index is 1060. The summed E-state index contributed by atoms with van der Waals surface area (Å²) in [6, 6.07) is 10.6. The lowest BCUT2D eigenvalue weighted by molar-refractivity contribution is -0.137. The standard InChI is InChI=1S/C25H29ClF3N5S/c1-18-16-24(6-8-30-9-7-24)17-34(18)20-2-4-21(5-3-20)35-33-12-10-32(11-13-33)23-15-19(25(27,28)29)14-22(26)31-23/h2-5,14-15,30H,1,6-13,16-17H2. The lowest BCUT2D eigenvalue weighted by Gasteiger charge is -2.35. The highest BCUT2D eigenvalue weighted by Crippen LogP contribution is 2.45. The molecule has 0 amide bonds. The highest BCUT2D eigenvalue weighted by Gasteiger charge is 2.41. The fourth-order valence-corrected chi connectivity index (χ4v) is 6.36. The minimum atomic E-state index is -4.44. The number of nitrogens with one attached hydrogen (secondary N) is 1. The van der Waals surface area contributed by atoms with Crippen LogP contribution in [0.4, 0.5) is 24.7 Å². The number of nitrogens with zero attached hydrogens (tertiary/aromatic N) is 4. The van der Waals surface area contributed by atoms with Gasteiger partial charge in [0.1, 0.15) is 11.0 Å². The van der Waals surface area contributed by atoms with Crippen LogP contribution < -0.4 is 15.1 Å². The minimum Gasteiger partial charge on any atom is -0.354 e. The summed E-state index contributed by atoms with van der Waals surface area (Å²) in [5, 5.41) is 3.32. The van der Waals surface area contributed by atoms with E-state index in [0.717, 1.165) is 43.1 Å². The molecule has 3 saturated heterocycles. The van der Waals surface area contributed by atoms with Crippen molar-refractivity contribution in [1.29, 1.82) is 0 Å². The first-order valence-corrected chi connectivity index (χ1v) is 13.0. The molecular formula is C25H29ClF3N5S. The van der Waals surface area contributed by atoms with Crippen molar-refractivity contribution in [2.75, 3.05) is 55.6 Å². The molecule has 1 aromatic heterocycles. The Kier molecular flexibility index (Phi) is 6.96. The number of piperazine rings is 1. The van der Waals surface area contributed by atoms with Gasteiger partial charge in [-0.05, 0) is 86.1 Å². The second-order valence-electron chi connectivity index (χ2n) is 9.61. The smallest absolute Gasteiger partial charge is 0.354 e. The zero-order valence-corrected chi connectivity index (χ0v) is 21.0. The molecule has 1 aromatic carbocycles. The van der Waals surface area contributed by atoms with Gasteiger partial charge in [-0.1, -0.05) is 18.2 Å². The van der Waals surface area contributed by atoms with Crippen molar-refractivity contribution < 1.29 is 13.2 Å². The van der Waals surface area contributed by atoms with E-state index in [9.17, 15) is 13.2 Å². The van der Waals surface area contributed by atoms with Gasteiger partial charge < -0.3 is 15.1 Å². The molecule has 5 nitrogen and oxygen atoms in total. The van der Waals surface area contributed by atoms with Gasteiger partial charge in [-0.2, -0.15) is 13.2 Å². The number of pyridine rings is 1. The Morgan fingerprint density at radius 1 is 1.03 bits per heavy atom. The molecule has 3 fully saturated rings. The Morgan fingerprint density at radius 3 is 2.37 bits per heavy atom. The van der Waals surface area contributed by atoms with E-state index in [2.05, 4.69) is 50.4 Å². The third-order valence-corrected chi connectivity index (χ3v) is 8.47. The van der Waals surface area contributed by atoms with Gasteiger partial charge in [-0.3, -0.25) is 0 Å². The summed E-state index contributed by atoms with van der Waals surface area (Å²) in [5.74, 6) is 0.274. The van der Waals surface area contributed by atoms with Crippen molar-refractivity contribution >= 4 is 35.1 Å². The lowest BCUT2D eigenvalue weighted by Crippen LogP contribution is -2.43. The molecule has 2 aromatic rings. The molecule has 0 aliphatic carbocycles. The number of hydrogen-bond acceptors (Lipinski definition) is 6. The molecule has 0 saturated carbocycles. The van der Waals surface area contributed by atoms with E-state index in [4.69, 9.17) is 11.6 Å². The number of piperidine rings is 1. The molecule has 10 heteroatoms. The van der Waals surface area contributed by atoms with Gasteiger partial charge in [0.25, 0.3) is 0 Å². The van der Waals surface area contributed by atoms with Crippen LogP contribution >= 0.6 is 23.5 Å². The normalized spacial score (nSPS) is 21.2. The zero-order chi connectivity index (χ0) is 24.6. The van der Waals surface area contributed by atoms with E-state index < -0.39 is 11.7 Å². The molecule has 4 heterocycles. The van der Waals surface area contributed by atoms with Crippen LogP contribution in [0.15, 0.2) is 53.6 Å². The van der Waals surface area contributed by atoms with Crippen molar-refractivity contribution in [1.82, 2.24) is 14.6 Å². The molecule has 5 rings (SSSR count). The molecule has 3 aliphatic heterocycles. The molecule has 0 bridgehead atoms. The monoisotopic (exact) mass is 523 g/mol. The number of rotatable bonds is 4. The van der Waals surface area contributed by atoms with Crippen molar-refractivity contribution in [2.45, 2.75) is 30.3 Å². The molecule has 0 unspecified atom stereocenters. The Hall–Kier alpha value is -1.94. The van der Waals surface area contributed by atoms with Crippen molar-refractivity contribution in [3.63, 3.8) is 0 Å². The van der Waals surface area contributed by atoms with Crippen LogP contribution in [0.3, 0.4) is 0 Å². The van der Waals surface area contributed by atoms with Gasteiger partial charge >= 0.3 is 6.18 Å². The van der Waals surface area contributed by atoms with E-state index >= 15 is 0 Å². The largest absolute Gasteiger partial charge is 0.416 e. The van der Waals surface area contributed by atoms with Crippen LogP contribution in [-0.2, 0) is 6.18 Å². The van der Waals surface area contributed by atoms with E-state index in [1.165, 1.54) is 24.2 Å². The number of benzene rings is 1. The number of allylic oxidation sites excluding steroid dienone is 1. The molecule has 0 atom stereocenters. The predicted octanol–water partition coefficient (Wildman–Crippen LogP) is 5.68. The second-order valence-corrected chi connectivity index (χ2v) is 11.2. The van der Waals surface area contributed by atoms with Crippen LogP contribution in [0.2, 0.25) is 5.15 Å². The average Bonchev–Trinajstić information content (AvgIpc) is 3.14. The number of hydrogen-bond donors (Lipinski definition) is 1. The van der Waals surface area contributed by atoms with E-state index in [0.29, 0.717) is 31.6 Å². The quantitative estimate of drug-likeness (QED) is 0.410. The molecule has 188 valence electrons. The highest BCUT2D eigenvalue weighted by atomic mass is 35.5. The summed E-state index contributed by atoms with van der Waals surface area (Å²) >= 11 is 7.54. The van der Waals surface area contributed by atoms with Gasteiger partial charge in [0, 0.05) is 49.0 Å². The second kappa shape index (κ2) is 9.84. The van der Waals surface area contributed by atoms with Crippen LogP contribution in [0.1, 0.15) is 24.8 Å². The summed E-state index contributed by atoms with van der Waals surface area (Å²) in [6.45, 7) is 10.1. The van der Waals surface area contributed by atoms with E-state index in [1.807, 2.05) is 4.90 Å². The van der Waals surface area contributed by atoms with Crippen LogP contribution in [0, 0.1) is 5.41 Å². The highest BCUT2D eigenvalue weighted by molar-refractivity contribution is 7.97. The molecule has 35 heavy (non-hydrogen) atoms. The summed E-state index contributed by atoms with van der Waals surface area (Å²) in [6.07, 6.45) is -0.975. The minimum absolute atomic E-state index is 0.140. The Morgan fingerprint density at radius 2 is 1.71 bits per heavy atom. The first-order valence-electron chi connectivity index (χ1n) is 11.9. The van der Waals surface area contributed by atoms with Gasteiger partial charge in [0.05, 0.1) is 5.56 Å². The summed E-state index contributed by atoms with van der Waals surface area (Å²) in [4.78, 5) is 9.48. The number of aromatic nitrogens is 1. The number of alkyl halides is 3. The fourth-order valence-electron chi connectivity index (χ4n) is 5.25. The number of halogens is 4. The third kappa shape index (κ3) is 5.58. The van der Waals surface area contributed by atoms with Gasteiger partial charge in [-0.25, -0.2) is 9.29 Å². The van der Waals surface area contributed by atoms with E-state index in [1.54, 1.807) is 11.9 Å². The fraction of sp³-hybridized carbons (Fsp3) is 0.480. The van der Waals surface area contributed by atoms with Crippen LogP contribution in [-0.4, -0.2) is 55.1 Å². The van der Waals surface area contributed by atoms with Gasteiger partial charge in [0.15, 0.2) is 0 Å². The molecule has 1 N–H and O–H groups in total. The SMILES string of the molecule is C=C1CC2(CCNCC2)CN1c1ccc(SN2CCN(c3cc(C(F)(F)F)cc(Cl)n3)CC2)cc1. The number of anilines is 2. The van der Waals surface area contributed by atoms with Crippen molar-refractivity contribution in [2.24, 2.45) is 5.41 Å². The van der Waals surface area contributed by atoms with Gasteiger partial charge in [-0.15, -0.1) is 0 Å². The maximum absolute atomic E-state index is 13.1. The van der Waals surface area contributed by atoms with E-state index in [-0.39, 0.29) is 11.0 Å². The average molecular weight is 524 g/mol. The zero-order valence-electron chi connectivity index (χ0n) is 19.5. The predicted molar refractivity (Wildman–Crippen MR) is 136 cm³/mol. The van der Waals surface area contributed by atoms with Crippen molar-refractivity contribution in [3.05, 3.63) is 59.4 Å². The summed E-state index contributed by atoms with van der Waals surface area (Å²) in [5.41, 5.74) is 1.98. The summed E-state index contributed by atoms with van der Waals surface area (Å²) < 4.78 is 41.6. The first kappa shape index (κ1) is 24.7. The first-order chi connectivity index (χ1) is 16.7. The molecule has 3 aliphatic rings. The van der Waals surface area contributed by atoms with Crippen LogP contribution in [0.5, 0.6) is 0 Å². The van der Waals surface area contributed by atoms with Crippen LogP contribution in [0.25, 0.3) is 0 Å².